The number of alkyl halides is 3. The van der Waals surface area contributed by atoms with Crippen LogP contribution in [0.2, 0.25) is 0 Å². The van der Waals surface area contributed by atoms with Gasteiger partial charge in [-0.1, -0.05) is 0 Å². The first-order valence-electron chi connectivity index (χ1n) is 4.28. The number of carbonyl (C=O) groups is 1. The summed E-state index contributed by atoms with van der Waals surface area (Å²) < 4.78 is 39.9. The van der Waals surface area contributed by atoms with E-state index in [0.717, 1.165) is 17.8 Å². The van der Waals surface area contributed by atoms with Crippen molar-refractivity contribution in [2.45, 2.75) is 18.2 Å². The van der Waals surface area contributed by atoms with E-state index in [0.29, 0.717) is 5.56 Å². The average molecular weight is 250 g/mol. The zero-order valence-electron chi connectivity index (χ0n) is 8.59. The third kappa shape index (κ3) is 3.44. The van der Waals surface area contributed by atoms with E-state index in [4.69, 9.17) is 0 Å². The van der Waals surface area contributed by atoms with Crippen LogP contribution in [0.4, 0.5) is 13.2 Å². The molecule has 1 aromatic carbocycles. The first-order valence-corrected chi connectivity index (χ1v) is 5.50. The van der Waals surface area contributed by atoms with Crippen LogP contribution in [0.3, 0.4) is 0 Å². The quantitative estimate of drug-likeness (QED) is 0.606. The molecule has 0 radical (unpaired) electrons. The van der Waals surface area contributed by atoms with Crippen LogP contribution in [-0.4, -0.2) is 18.4 Å². The molecule has 0 saturated heterocycles. The zero-order valence-corrected chi connectivity index (χ0v) is 9.41. The molecule has 0 aromatic heterocycles. The van der Waals surface area contributed by atoms with E-state index in [2.05, 4.69) is 4.74 Å². The van der Waals surface area contributed by atoms with Gasteiger partial charge in [0.25, 0.3) is 0 Å². The lowest BCUT2D eigenvalue weighted by molar-refractivity contribution is -0.275. The number of ether oxygens (including phenoxy) is 1. The van der Waals surface area contributed by atoms with E-state index >= 15 is 0 Å². The Labute approximate surface area is 94.8 Å². The van der Waals surface area contributed by atoms with E-state index in [-0.39, 0.29) is 16.4 Å². The van der Waals surface area contributed by atoms with Gasteiger partial charge in [-0.2, -0.15) is 0 Å². The van der Waals surface area contributed by atoms with E-state index in [9.17, 15) is 18.0 Å². The van der Waals surface area contributed by atoms with E-state index in [1.807, 2.05) is 0 Å². The topological polar surface area (TPSA) is 26.3 Å². The van der Waals surface area contributed by atoms with Crippen LogP contribution in [-0.2, 0) is 0 Å². The van der Waals surface area contributed by atoms with Gasteiger partial charge in [-0.3, -0.25) is 4.79 Å². The fourth-order valence-electron chi connectivity index (χ4n) is 1.10. The molecule has 0 saturated carbocycles. The molecule has 16 heavy (non-hydrogen) atoms. The Morgan fingerprint density at radius 3 is 2.44 bits per heavy atom. The highest BCUT2D eigenvalue weighted by atomic mass is 32.2. The summed E-state index contributed by atoms with van der Waals surface area (Å²) in [5, 5.41) is 0. The van der Waals surface area contributed by atoms with Crippen molar-refractivity contribution in [1.29, 1.82) is 0 Å². The van der Waals surface area contributed by atoms with E-state index < -0.39 is 6.36 Å². The molecule has 0 unspecified atom stereocenters. The molecule has 0 aliphatic heterocycles. The molecule has 88 valence electrons. The van der Waals surface area contributed by atoms with E-state index in [1.165, 1.54) is 19.1 Å². The highest BCUT2D eigenvalue weighted by molar-refractivity contribution is 7.98. The molecule has 2 nitrogen and oxygen atoms in total. The predicted molar refractivity (Wildman–Crippen MR) is 54.9 cm³/mol. The number of hydrogen-bond acceptors (Lipinski definition) is 3. The Hall–Kier alpha value is -1.17. The number of thioether (sulfide) groups is 1. The SMILES string of the molecule is CSc1cc(C(C)=O)ccc1OC(F)(F)F. The zero-order chi connectivity index (χ0) is 12.3. The second kappa shape index (κ2) is 4.78. The third-order valence-electron chi connectivity index (χ3n) is 1.80. The Balaban J connectivity index is 3.07. The molecule has 0 atom stereocenters. The standard InChI is InChI=1S/C10H9F3O2S/c1-6(14)7-3-4-8(9(5-7)16-2)15-10(11,12)13/h3-5H,1-2H3. The molecule has 1 aromatic rings. The van der Waals surface area contributed by atoms with Crippen LogP contribution in [0.1, 0.15) is 17.3 Å². The summed E-state index contributed by atoms with van der Waals surface area (Å²) >= 11 is 1.09. The average Bonchev–Trinajstić information content (AvgIpc) is 2.15. The second-order valence-electron chi connectivity index (χ2n) is 2.97. The van der Waals surface area contributed by atoms with Crippen LogP contribution in [0.15, 0.2) is 23.1 Å². The largest absolute Gasteiger partial charge is 0.573 e. The number of Topliss-reactive ketones (excluding diaryl/α,β-unsaturated/α-hetero) is 1. The molecule has 0 aliphatic rings. The maximum atomic E-state index is 12.0. The van der Waals surface area contributed by atoms with Crippen molar-refractivity contribution in [2.24, 2.45) is 0 Å². The minimum atomic E-state index is -4.72. The van der Waals surface area contributed by atoms with Crippen molar-refractivity contribution in [3.05, 3.63) is 23.8 Å². The summed E-state index contributed by atoms with van der Waals surface area (Å²) in [6, 6.07) is 3.84. The van der Waals surface area contributed by atoms with Crippen molar-refractivity contribution in [2.75, 3.05) is 6.26 Å². The summed E-state index contributed by atoms with van der Waals surface area (Å²) in [5.41, 5.74) is 0.360. The van der Waals surface area contributed by atoms with Gasteiger partial charge in [0.15, 0.2) is 5.78 Å². The van der Waals surface area contributed by atoms with Crippen LogP contribution in [0.25, 0.3) is 0 Å². The van der Waals surface area contributed by atoms with Gasteiger partial charge in [-0.05, 0) is 31.4 Å². The molecule has 0 N–H and O–H groups in total. The maximum absolute atomic E-state index is 12.0. The predicted octanol–water partition coefficient (Wildman–Crippen LogP) is 3.51. The number of hydrogen-bond donors (Lipinski definition) is 0. The highest BCUT2D eigenvalue weighted by Crippen LogP contribution is 2.32. The molecular weight excluding hydrogens is 241 g/mol. The molecular formula is C10H9F3O2S. The normalized spacial score (nSPS) is 11.3. The van der Waals surface area contributed by atoms with Gasteiger partial charge in [-0.25, -0.2) is 0 Å². The second-order valence-corrected chi connectivity index (χ2v) is 3.82. The van der Waals surface area contributed by atoms with Gasteiger partial charge >= 0.3 is 6.36 Å². The maximum Gasteiger partial charge on any atom is 0.573 e. The number of halogens is 3. The minimum absolute atomic E-state index is 0.200. The lowest BCUT2D eigenvalue weighted by Crippen LogP contribution is -2.17. The Kier molecular flexibility index (Phi) is 3.85. The summed E-state index contributed by atoms with van der Waals surface area (Å²) in [6.45, 7) is 1.35. The van der Waals surface area contributed by atoms with Crippen LogP contribution in [0, 0.1) is 0 Å². The van der Waals surface area contributed by atoms with Gasteiger partial charge < -0.3 is 4.74 Å². The Bertz CT molecular complexity index is 402. The number of rotatable bonds is 3. The van der Waals surface area contributed by atoms with Gasteiger partial charge in [0.2, 0.25) is 0 Å². The molecule has 0 fully saturated rings. The Morgan fingerprint density at radius 1 is 1.38 bits per heavy atom. The van der Waals surface area contributed by atoms with Gasteiger partial charge in [0.05, 0.1) is 4.90 Å². The summed E-state index contributed by atoms with van der Waals surface area (Å²) in [7, 11) is 0. The first kappa shape index (κ1) is 12.9. The molecule has 0 heterocycles. The molecule has 0 amide bonds. The molecule has 0 bridgehead atoms. The van der Waals surface area contributed by atoms with E-state index in [1.54, 1.807) is 6.26 Å². The minimum Gasteiger partial charge on any atom is -0.405 e. The fourth-order valence-corrected chi connectivity index (χ4v) is 1.65. The van der Waals surface area contributed by atoms with Crippen molar-refractivity contribution in [3.63, 3.8) is 0 Å². The van der Waals surface area contributed by atoms with Crippen molar-refractivity contribution < 1.29 is 22.7 Å². The Morgan fingerprint density at radius 2 is 2.00 bits per heavy atom. The number of ketones is 1. The molecule has 6 heteroatoms. The fraction of sp³-hybridized carbons (Fsp3) is 0.300. The smallest absolute Gasteiger partial charge is 0.405 e. The molecule has 1 rings (SSSR count). The first-order chi connectivity index (χ1) is 7.33. The lowest BCUT2D eigenvalue weighted by atomic mass is 10.1. The highest BCUT2D eigenvalue weighted by Gasteiger charge is 2.32. The van der Waals surface area contributed by atoms with Gasteiger partial charge in [-0.15, -0.1) is 24.9 Å². The summed E-state index contributed by atoms with van der Waals surface area (Å²) in [6.07, 6.45) is -3.11. The summed E-state index contributed by atoms with van der Waals surface area (Å²) in [5.74, 6) is -0.487. The summed E-state index contributed by atoms with van der Waals surface area (Å²) in [4.78, 5) is 11.3. The van der Waals surface area contributed by atoms with Crippen molar-refractivity contribution >= 4 is 17.5 Å². The lowest BCUT2D eigenvalue weighted by Gasteiger charge is -2.12. The van der Waals surface area contributed by atoms with Crippen LogP contribution < -0.4 is 4.74 Å². The van der Waals surface area contributed by atoms with Gasteiger partial charge in [0, 0.05) is 5.56 Å². The van der Waals surface area contributed by atoms with Crippen molar-refractivity contribution in [1.82, 2.24) is 0 Å². The van der Waals surface area contributed by atoms with Crippen LogP contribution in [0.5, 0.6) is 5.75 Å². The van der Waals surface area contributed by atoms with Crippen LogP contribution >= 0.6 is 11.8 Å². The molecule has 0 aliphatic carbocycles. The molecule has 0 spiro atoms. The number of carbonyl (C=O) groups excluding carboxylic acids is 1. The number of benzene rings is 1. The van der Waals surface area contributed by atoms with Gasteiger partial charge in [0.1, 0.15) is 5.75 Å². The van der Waals surface area contributed by atoms with Crippen molar-refractivity contribution in [3.8, 4) is 5.75 Å². The third-order valence-corrected chi connectivity index (χ3v) is 2.55. The monoisotopic (exact) mass is 250 g/mol.